The van der Waals surface area contributed by atoms with Crippen LogP contribution >= 0.6 is 0 Å². The predicted molar refractivity (Wildman–Crippen MR) is 74.4 cm³/mol. The number of halogens is 2. The molecule has 0 amide bonds. The molecule has 2 fully saturated rings. The van der Waals surface area contributed by atoms with E-state index in [1.54, 1.807) is 0 Å². The van der Waals surface area contributed by atoms with Crippen molar-refractivity contribution in [3.05, 3.63) is 0 Å². The van der Waals surface area contributed by atoms with Gasteiger partial charge in [-0.3, -0.25) is 0 Å². The first-order valence-corrected chi connectivity index (χ1v) is 6.59. The highest BCUT2D eigenvalue weighted by Gasteiger charge is 2.44. The number of nitrogens with zero attached hydrogens (tertiary/aromatic N) is 1. The molecule has 0 aromatic heterocycles. The summed E-state index contributed by atoms with van der Waals surface area (Å²) in [6.07, 6.45) is 5.58. The van der Waals surface area contributed by atoms with E-state index >= 15 is 0 Å². The van der Waals surface area contributed by atoms with Crippen molar-refractivity contribution in [3.8, 4) is 0 Å². The van der Waals surface area contributed by atoms with Gasteiger partial charge in [0, 0.05) is 19.1 Å². The van der Waals surface area contributed by atoms with Gasteiger partial charge in [-0.25, -0.2) is 8.78 Å². The summed E-state index contributed by atoms with van der Waals surface area (Å²) < 4.78 is 24.5. The second kappa shape index (κ2) is 11.8. The van der Waals surface area contributed by atoms with Crippen LogP contribution in [0.5, 0.6) is 0 Å². The molecule has 1 saturated carbocycles. The molecule has 1 heterocycles. The summed E-state index contributed by atoms with van der Waals surface area (Å²) in [7, 11) is 1.82. The third kappa shape index (κ3) is 7.98. The molecule has 1 aliphatic carbocycles. The smallest absolute Gasteiger partial charge is 0.229 e. The van der Waals surface area contributed by atoms with E-state index in [0.717, 1.165) is 6.61 Å². The van der Waals surface area contributed by atoms with Crippen molar-refractivity contribution in [2.24, 2.45) is 5.41 Å². The molecule has 0 N–H and O–H groups in total. The highest BCUT2D eigenvalue weighted by Crippen LogP contribution is 2.46. The molecule has 0 bridgehead atoms. The largest absolute Gasteiger partial charge is 0.384 e. The molecular formula is C14H31F2NO. The SMILES string of the molecule is C.CC.COCC1(CN2CCCC2)CC1.FCF. The van der Waals surface area contributed by atoms with Crippen LogP contribution in [-0.2, 0) is 4.74 Å². The molecule has 2 aliphatic rings. The number of rotatable bonds is 4. The molecule has 0 spiro atoms. The first-order valence-electron chi connectivity index (χ1n) is 6.59. The quantitative estimate of drug-likeness (QED) is 0.762. The van der Waals surface area contributed by atoms with Gasteiger partial charge in [0.15, 0.2) is 0 Å². The van der Waals surface area contributed by atoms with E-state index in [9.17, 15) is 8.78 Å². The fraction of sp³-hybridized carbons (Fsp3) is 1.00. The number of ether oxygens (including phenoxy) is 1. The van der Waals surface area contributed by atoms with Gasteiger partial charge < -0.3 is 9.64 Å². The van der Waals surface area contributed by atoms with Crippen molar-refractivity contribution < 1.29 is 13.5 Å². The molecule has 4 heteroatoms. The Bertz CT molecular complexity index is 169. The third-order valence-electron chi connectivity index (χ3n) is 3.17. The van der Waals surface area contributed by atoms with Gasteiger partial charge in [0.2, 0.25) is 6.93 Å². The van der Waals surface area contributed by atoms with Crippen LogP contribution in [0.25, 0.3) is 0 Å². The zero-order chi connectivity index (χ0) is 13.1. The highest BCUT2D eigenvalue weighted by molar-refractivity contribution is 4.96. The van der Waals surface area contributed by atoms with Crippen molar-refractivity contribution in [2.45, 2.75) is 47.0 Å². The van der Waals surface area contributed by atoms with E-state index in [4.69, 9.17) is 4.74 Å². The lowest BCUT2D eigenvalue weighted by Crippen LogP contribution is -2.30. The summed E-state index contributed by atoms with van der Waals surface area (Å²) in [4.78, 5) is 2.60. The van der Waals surface area contributed by atoms with E-state index in [1.807, 2.05) is 21.0 Å². The van der Waals surface area contributed by atoms with E-state index in [0.29, 0.717) is 5.41 Å². The first kappa shape index (κ1) is 20.1. The maximum Gasteiger partial charge on any atom is 0.229 e. The summed E-state index contributed by atoms with van der Waals surface area (Å²) in [6.45, 7) is 7.17. The molecule has 0 atom stereocenters. The number of hydrogen-bond acceptors (Lipinski definition) is 2. The molecule has 1 saturated heterocycles. The third-order valence-corrected chi connectivity index (χ3v) is 3.17. The average Bonchev–Trinajstić information content (AvgIpc) is 2.89. The second-order valence-electron chi connectivity index (χ2n) is 4.52. The van der Waals surface area contributed by atoms with Gasteiger partial charge in [0.25, 0.3) is 0 Å². The fourth-order valence-electron chi connectivity index (χ4n) is 2.25. The van der Waals surface area contributed by atoms with Crippen LogP contribution in [0.15, 0.2) is 0 Å². The van der Waals surface area contributed by atoms with Crippen molar-refractivity contribution in [3.63, 3.8) is 0 Å². The van der Waals surface area contributed by atoms with Gasteiger partial charge in [0.05, 0.1) is 6.61 Å². The summed E-state index contributed by atoms with van der Waals surface area (Å²) in [5, 5.41) is 0. The molecule has 112 valence electrons. The Labute approximate surface area is 112 Å². The predicted octanol–water partition coefficient (Wildman–Crippen LogP) is 4.05. The highest BCUT2D eigenvalue weighted by atomic mass is 19.3. The number of likely N-dealkylation sites (tertiary alicyclic amines) is 1. The zero-order valence-corrected chi connectivity index (χ0v) is 11.5. The lowest BCUT2D eigenvalue weighted by molar-refractivity contribution is 0.116. The topological polar surface area (TPSA) is 12.5 Å². The molecule has 0 aromatic carbocycles. The molecule has 0 radical (unpaired) electrons. The lowest BCUT2D eigenvalue weighted by Gasteiger charge is -2.21. The summed E-state index contributed by atoms with van der Waals surface area (Å²) in [6, 6.07) is 0. The Morgan fingerprint density at radius 3 is 1.89 bits per heavy atom. The van der Waals surface area contributed by atoms with Crippen molar-refractivity contribution in [1.82, 2.24) is 4.90 Å². The molecule has 2 nitrogen and oxygen atoms in total. The van der Waals surface area contributed by atoms with E-state index in [2.05, 4.69) is 4.90 Å². The van der Waals surface area contributed by atoms with Crippen LogP contribution in [0.4, 0.5) is 8.78 Å². The van der Waals surface area contributed by atoms with Gasteiger partial charge in [-0.05, 0) is 38.8 Å². The van der Waals surface area contributed by atoms with Gasteiger partial charge in [0.1, 0.15) is 0 Å². The zero-order valence-electron chi connectivity index (χ0n) is 11.5. The number of hydrogen-bond donors (Lipinski definition) is 0. The molecule has 0 aromatic rings. The van der Waals surface area contributed by atoms with E-state index in [1.165, 1.54) is 45.3 Å². The van der Waals surface area contributed by atoms with Crippen molar-refractivity contribution in [1.29, 1.82) is 0 Å². The van der Waals surface area contributed by atoms with E-state index in [-0.39, 0.29) is 7.43 Å². The van der Waals surface area contributed by atoms with Crippen LogP contribution < -0.4 is 0 Å². The summed E-state index contributed by atoms with van der Waals surface area (Å²) in [5.74, 6) is 0. The summed E-state index contributed by atoms with van der Waals surface area (Å²) >= 11 is 0. The van der Waals surface area contributed by atoms with Crippen molar-refractivity contribution >= 4 is 0 Å². The minimum atomic E-state index is -1.75. The van der Waals surface area contributed by atoms with Gasteiger partial charge in [-0.2, -0.15) is 0 Å². The monoisotopic (exact) mass is 267 g/mol. The summed E-state index contributed by atoms with van der Waals surface area (Å²) in [5.41, 5.74) is 0.569. The van der Waals surface area contributed by atoms with Crippen LogP contribution in [-0.4, -0.2) is 45.2 Å². The van der Waals surface area contributed by atoms with Gasteiger partial charge in [-0.1, -0.05) is 21.3 Å². The van der Waals surface area contributed by atoms with Crippen LogP contribution in [0, 0.1) is 5.41 Å². The average molecular weight is 267 g/mol. The van der Waals surface area contributed by atoms with E-state index < -0.39 is 6.93 Å². The van der Waals surface area contributed by atoms with Crippen LogP contribution in [0.2, 0.25) is 0 Å². The molecule has 0 unspecified atom stereocenters. The number of methoxy groups -OCH3 is 1. The Balaban J connectivity index is 0. The fourth-order valence-corrected chi connectivity index (χ4v) is 2.25. The molecule has 1 aliphatic heterocycles. The minimum Gasteiger partial charge on any atom is -0.384 e. The minimum absolute atomic E-state index is 0. The standard InChI is InChI=1S/C10H19NO.C2H6.CH2F2.CH4/c1-12-9-10(4-5-10)8-11-6-2-3-7-11;1-2;2-1-3;/h2-9H2,1H3;1-2H3;1H2;1H4. The Morgan fingerprint density at radius 2 is 1.56 bits per heavy atom. The normalized spacial score (nSPS) is 19.8. The molecule has 18 heavy (non-hydrogen) atoms. The Morgan fingerprint density at radius 1 is 1.11 bits per heavy atom. The van der Waals surface area contributed by atoms with Gasteiger partial charge in [-0.15, -0.1) is 0 Å². The lowest BCUT2D eigenvalue weighted by atomic mass is 10.1. The maximum atomic E-state index is 9.62. The maximum absolute atomic E-state index is 9.62. The first-order chi connectivity index (χ1) is 8.26. The second-order valence-corrected chi connectivity index (χ2v) is 4.52. The van der Waals surface area contributed by atoms with Crippen LogP contribution in [0.3, 0.4) is 0 Å². The Hall–Kier alpha value is -0.220. The Kier molecular flexibility index (Phi) is 13.2. The molecular weight excluding hydrogens is 236 g/mol. The van der Waals surface area contributed by atoms with Crippen molar-refractivity contribution in [2.75, 3.05) is 40.3 Å². The number of alkyl halides is 2. The molecule has 2 rings (SSSR count). The van der Waals surface area contributed by atoms with Gasteiger partial charge >= 0.3 is 0 Å². The van der Waals surface area contributed by atoms with Crippen LogP contribution in [0.1, 0.15) is 47.0 Å².